The topological polar surface area (TPSA) is 66.8 Å². The Morgan fingerprint density at radius 1 is 1.00 bits per heavy atom. The van der Waals surface area contributed by atoms with Crippen molar-refractivity contribution < 1.29 is 19.7 Å². The van der Waals surface area contributed by atoms with Gasteiger partial charge in [0, 0.05) is 0 Å². The van der Waals surface area contributed by atoms with Gasteiger partial charge in [0.1, 0.15) is 6.61 Å². The molecule has 114 valence electrons. The largest absolute Gasteiger partial charge is 0.480 e. The van der Waals surface area contributed by atoms with Crippen molar-refractivity contribution in [2.45, 2.75) is 71.3 Å². The third-order valence-electron chi connectivity index (χ3n) is 3.10. The van der Waals surface area contributed by atoms with Gasteiger partial charge in [0.2, 0.25) is 0 Å². The summed E-state index contributed by atoms with van der Waals surface area (Å²) in [4.78, 5) is 10.2. The first-order valence-corrected chi connectivity index (χ1v) is 7.50. The Balaban J connectivity index is 3.18. The van der Waals surface area contributed by atoms with Crippen molar-refractivity contribution in [3.8, 4) is 0 Å². The highest BCUT2D eigenvalue weighted by Crippen LogP contribution is 2.12. The average molecular weight is 274 g/mol. The van der Waals surface area contributed by atoms with Gasteiger partial charge >= 0.3 is 5.97 Å². The van der Waals surface area contributed by atoms with Crippen molar-refractivity contribution in [1.29, 1.82) is 0 Å². The maximum atomic E-state index is 10.2. The molecule has 0 spiro atoms. The Bertz CT molecular complexity index is 216. The second-order valence-electron chi connectivity index (χ2n) is 5.66. The fourth-order valence-electron chi connectivity index (χ4n) is 2.01. The summed E-state index contributed by atoms with van der Waals surface area (Å²) in [6.07, 6.45) is 8.75. The van der Waals surface area contributed by atoms with Gasteiger partial charge < -0.3 is 14.9 Å². The number of carboxylic acid groups (broad SMARTS) is 1. The SMILES string of the molecule is CC(C)CCCCCCCCC(O)COCC(=O)O. The van der Waals surface area contributed by atoms with E-state index in [1.54, 1.807) is 0 Å². The number of unbranched alkanes of at least 4 members (excludes halogenated alkanes) is 5. The molecule has 19 heavy (non-hydrogen) atoms. The van der Waals surface area contributed by atoms with Crippen LogP contribution in [0.2, 0.25) is 0 Å². The molecular formula is C15H30O4. The van der Waals surface area contributed by atoms with E-state index in [1.165, 1.54) is 32.1 Å². The summed E-state index contributed by atoms with van der Waals surface area (Å²) in [5.74, 6) is -0.186. The molecule has 0 rings (SSSR count). The van der Waals surface area contributed by atoms with Gasteiger partial charge in [-0.2, -0.15) is 0 Å². The molecule has 4 heteroatoms. The van der Waals surface area contributed by atoms with Crippen LogP contribution in [-0.4, -0.2) is 35.5 Å². The van der Waals surface area contributed by atoms with Crippen LogP contribution in [-0.2, 0) is 9.53 Å². The molecule has 0 aromatic heterocycles. The van der Waals surface area contributed by atoms with E-state index in [9.17, 15) is 9.90 Å². The number of hydrogen-bond acceptors (Lipinski definition) is 3. The summed E-state index contributed by atoms with van der Waals surface area (Å²) in [6, 6.07) is 0. The number of aliphatic hydroxyl groups excluding tert-OH is 1. The molecule has 0 fully saturated rings. The van der Waals surface area contributed by atoms with Gasteiger partial charge in [0.05, 0.1) is 12.7 Å². The first-order chi connectivity index (χ1) is 9.02. The zero-order valence-electron chi connectivity index (χ0n) is 12.4. The number of hydrogen-bond donors (Lipinski definition) is 2. The van der Waals surface area contributed by atoms with Gasteiger partial charge in [-0.25, -0.2) is 4.79 Å². The van der Waals surface area contributed by atoms with Crippen molar-refractivity contribution in [3.05, 3.63) is 0 Å². The zero-order valence-corrected chi connectivity index (χ0v) is 12.4. The summed E-state index contributed by atoms with van der Waals surface area (Å²) in [5.41, 5.74) is 0. The molecule has 0 aliphatic carbocycles. The highest BCUT2D eigenvalue weighted by atomic mass is 16.5. The first-order valence-electron chi connectivity index (χ1n) is 7.50. The predicted octanol–water partition coefficient (Wildman–Crippen LogP) is 3.23. The molecule has 0 aromatic carbocycles. The summed E-state index contributed by atoms with van der Waals surface area (Å²) in [7, 11) is 0. The Kier molecular flexibility index (Phi) is 12.0. The van der Waals surface area contributed by atoms with Crippen LogP contribution in [0.4, 0.5) is 0 Å². The fourth-order valence-corrected chi connectivity index (χ4v) is 2.01. The van der Waals surface area contributed by atoms with E-state index in [4.69, 9.17) is 9.84 Å². The number of aliphatic hydroxyl groups is 1. The molecule has 0 aromatic rings. The van der Waals surface area contributed by atoms with Crippen molar-refractivity contribution >= 4 is 5.97 Å². The lowest BCUT2D eigenvalue weighted by Gasteiger charge is -2.10. The average Bonchev–Trinajstić information content (AvgIpc) is 2.31. The van der Waals surface area contributed by atoms with Gasteiger partial charge in [-0.05, 0) is 12.3 Å². The summed E-state index contributed by atoms with van der Waals surface area (Å²) in [6.45, 7) is 4.31. The van der Waals surface area contributed by atoms with Crippen LogP contribution in [0.3, 0.4) is 0 Å². The second kappa shape index (κ2) is 12.4. The fraction of sp³-hybridized carbons (Fsp3) is 0.933. The van der Waals surface area contributed by atoms with Crippen molar-refractivity contribution in [2.75, 3.05) is 13.2 Å². The number of ether oxygens (including phenoxy) is 1. The smallest absolute Gasteiger partial charge is 0.329 e. The third kappa shape index (κ3) is 15.3. The van der Waals surface area contributed by atoms with E-state index in [0.717, 1.165) is 18.8 Å². The van der Waals surface area contributed by atoms with Crippen LogP contribution in [0.5, 0.6) is 0 Å². The molecule has 1 atom stereocenters. The highest BCUT2D eigenvalue weighted by molar-refractivity contribution is 5.67. The van der Waals surface area contributed by atoms with E-state index >= 15 is 0 Å². The predicted molar refractivity (Wildman–Crippen MR) is 76.2 cm³/mol. The summed E-state index contributed by atoms with van der Waals surface area (Å²) >= 11 is 0. The molecule has 0 saturated carbocycles. The van der Waals surface area contributed by atoms with Gasteiger partial charge in [-0.1, -0.05) is 58.8 Å². The molecule has 0 amide bonds. The molecule has 0 heterocycles. The molecule has 0 aliphatic rings. The van der Waals surface area contributed by atoms with E-state index in [0.29, 0.717) is 6.42 Å². The normalized spacial score (nSPS) is 12.8. The maximum absolute atomic E-state index is 10.2. The van der Waals surface area contributed by atoms with E-state index < -0.39 is 12.1 Å². The van der Waals surface area contributed by atoms with Gasteiger partial charge in [-0.15, -0.1) is 0 Å². The second-order valence-corrected chi connectivity index (χ2v) is 5.66. The van der Waals surface area contributed by atoms with Crippen molar-refractivity contribution in [1.82, 2.24) is 0 Å². The van der Waals surface area contributed by atoms with Crippen LogP contribution in [0.1, 0.15) is 65.2 Å². The Morgan fingerprint density at radius 3 is 2.05 bits per heavy atom. The minimum absolute atomic E-state index is 0.126. The van der Waals surface area contributed by atoms with Gasteiger partial charge in [0.25, 0.3) is 0 Å². The molecule has 1 unspecified atom stereocenters. The Hall–Kier alpha value is -0.610. The Labute approximate surface area is 117 Å². The molecule has 2 N–H and O–H groups in total. The molecular weight excluding hydrogens is 244 g/mol. The highest BCUT2D eigenvalue weighted by Gasteiger charge is 2.05. The molecule has 0 radical (unpaired) electrons. The van der Waals surface area contributed by atoms with Crippen LogP contribution in [0, 0.1) is 5.92 Å². The quantitative estimate of drug-likeness (QED) is 0.506. The van der Waals surface area contributed by atoms with Crippen LogP contribution >= 0.6 is 0 Å². The number of carboxylic acids is 1. The lowest BCUT2D eigenvalue weighted by molar-refractivity contribution is -0.143. The van der Waals surface area contributed by atoms with Crippen LogP contribution in [0.25, 0.3) is 0 Å². The van der Waals surface area contributed by atoms with E-state index in [2.05, 4.69) is 13.8 Å². The van der Waals surface area contributed by atoms with E-state index in [1.807, 2.05) is 0 Å². The van der Waals surface area contributed by atoms with Crippen LogP contribution in [0.15, 0.2) is 0 Å². The van der Waals surface area contributed by atoms with Crippen LogP contribution < -0.4 is 0 Å². The molecule has 0 aliphatic heterocycles. The lowest BCUT2D eigenvalue weighted by Crippen LogP contribution is -2.18. The molecule has 0 saturated heterocycles. The third-order valence-corrected chi connectivity index (χ3v) is 3.10. The number of aliphatic carboxylic acids is 1. The number of carbonyl (C=O) groups is 1. The van der Waals surface area contributed by atoms with Gasteiger partial charge in [-0.3, -0.25) is 0 Å². The summed E-state index contributed by atoms with van der Waals surface area (Å²) in [5, 5.41) is 17.9. The lowest BCUT2D eigenvalue weighted by atomic mass is 10.0. The zero-order chi connectivity index (χ0) is 14.5. The van der Waals surface area contributed by atoms with Crippen molar-refractivity contribution in [3.63, 3.8) is 0 Å². The molecule has 4 nitrogen and oxygen atoms in total. The first kappa shape index (κ1) is 18.4. The monoisotopic (exact) mass is 274 g/mol. The standard InChI is InChI=1S/C15H30O4/c1-13(2)9-7-5-3-4-6-8-10-14(16)11-19-12-15(17)18/h13-14,16H,3-12H2,1-2H3,(H,17,18). The Morgan fingerprint density at radius 2 is 1.53 bits per heavy atom. The minimum Gasteiger partial charge on any atom is -0.480 e. The molecule has 0 bridgehead atoms. The van der Waals surface area contributed by atoms with Gasteiger partial charge in [0.15, 0.2) is 0 Å². The maximum Gasteiger partial charge on any atom is 0.329 e. The number of rotatable bonds is 13. The minimum atomic E-state index is -0.992. The van der Waals surface area contributed by atoms with Crippen molar-refractivity contribution in [2.24, 2.45) is 5.92 Å². The van der Waals surface area contributed by atoms with E-state index in [-0.39, 0.29) is 13.2 Å². The summed E-state index contributed by atoms with van der Waals surface area (Å²) < 4.78 is 4.84.